The van der Waals surface area contributed by atoms with Crippen molar-refractivity contribution in [1.82, 2.24) is 9.88 Å². The number of nitrogens with two attached hydrogens (primary N) is 1. The first kappa shape index (κ1) is 14.6. The second-order valence-corrected chi connectivity index (χ2v) is 4.35. The Hall–Kier alpha value is -1.46. The van der Waals surface area contributed by atoms with E-state index in [9.17, 15) is 4.79 Å². The van der Waals surface area contributed by atoms with Gasteiger partial charge in [0.15, 0.2) is 0 Å². The summed E-state index contributed by atoms with van der Waals surface area (Å²) >= 11 is 0. The van der Waals surface area contributed by atoms with Crippen LogP contribution in [-0.4, -0.2) is 42.6 Å². The van der Waals surface area contributed by atoms with Crippen LogP contribution in [0.3, 0.4) is 0 Å². The van der Waals surface area contributed by atoms with Gasteiger partial charge in [0.2, 0.25) is 5.91 Å². The Morgan fingerprint density at radius 1 is 1.56 bits per heavy atom. The van der Waals surface area contributed by atoms with Gasteiger partial charge in [-0.1, -0.05) is 6.07 Å². The molecule has 5 nitrogen and oxygen atoms in total. The second-order valence-electron chi connectivity index (χ2n) is 4.35. The number of carbonyl (C=O) groups excluding carboxylic acids is 1. The Labute approximate surface area is 108 Å². The maximum Gasteiger partial charge on any atom is 0.239 e. The van der Waals surface area contributed by atoms with E-state index in [0.29, 0.717) is 19.6 Å². The van der Waals surface area contributed by atoms with Crippen LogP contribution < -0.4 is 5.73 Å². The van der Waals surface area contributed by atoms with Crippen LogP contribution in [0.4, 0.5) is 0 Å². The van der Waals surface area contributed by atoms with Gasteiger partial charge >= 0.3 is 0 Å². The van der Waals surface area contributed by atoms with Crippen LogP contribution in [-0.2, 0) is 16.1 Å². The topological polar surface area (TPSA) is 68.5 Å². The summed E-state index contributed by atoms with van der Waals surface area (Å²) in [5, 5.41) is 0. The van der Waals surface area contributed by atoms with E-state index < -0.39 is 6.04 Å². The molecule has 5 heteroatoms. The largest absolute Gasteiger partial charge is 0.385 e. The van der Waals surface area contributed by atoms with Crippen LogP contribution in [0.5, 0.6) is 0 Å². The molecule has 1 heterocycles. The van der Waals surface area contributed by atoms with E-state index in [0.717, 1.165) is 11.4 Å². The molecule has 18 heavy (non-hydrogen) atoms. The summed E-state index contributed by atoms with van der Waals surface area (Å²) in [5.41, 5.74) is 7.60. The van der Waals surface area contributed by atoms with Gasteiger partial charge in [-0.05, 0) is 25.5 Å². The lowest BCUT2D eigenvalue weighted by molar-refractivity contribution is -0.132. The molecule has 1 rings (SSSR count). The Morgan fingerprint density at radius 2 is 2.28 bits per heavy atom. The molecule has 0 aliphatic carbocycles. The molecule has 0 bridgehead atoms. The third-order valence-electron chi connectivity index (χ3n) is 2.67. The molecule has 0 aliphatic heterocycles. The van der Waals surface area contributed by atoms with Crippen molar-refractivity contribution in [3.8, 4) is 0 Å². The number of amides is 1. The van der Waals surface area contributed by atoms with Gasteiger partial charge in [-0.3, -0.25) is 9.78 Å². The molecule has 0 saturated heterocycles. The number of hydrogen-bond donors (Lipinski definition) is 1. The third kappa shape index (κ3) is 4.43. The Bertz CT molecular complexity index is 396. The highest BCUT2D eigenvalue weighted by Gasteiger charge is 2.18. The van der Waals surface area contributed by atoms with Crippen molar-refractivity contribution in [2.45, 2.75) is 25.9 Å². The molecule has 0 radical (unpaired) electrons. The Kier molecular flexibility index (Phi) is 5.74. The first-order valence-electron chi connectivity index (χ1n) is 5.96. The molecule has 1 aromatic rings. The number of ether oxygens (including phenoxy) is 1. The molecule has 0 aliphatic rings. The minimum atomic E-state index is -0.514. The molecule has 1 unspecified atom stereocenters. The summed E-state index contributed by atoms with van der Waals surface area (Å²) in [7, 11) is 3.33. The molecule has 1 amide bonds. The molecule has 100 valence electrons. The standard InChI is InChI=1S/C13H21N3O2/c1-10-5-4-6-11(15-10)9-16(2)13(17)12(14)7-8-18-3/h4-6,12H,7-9,14H2,1-3H3. The molecule has 0 saturated carbocycles. The van der Waals surface area contributed by atoms with Crippen LogP contribution in [0, 0.1) is 6.92 Å². The van der Waals surface area contributed by atoms with Crippen molar-refractivity contribution < 1.29 is 9.53 Å². The minimum absolute atomic E-state index is 0.0876. The lowest BCUT2D eigenvalue weighted by Gasteiger charge is -2.21. The van der Waals surface area contributed by atoms with Gasteiger partial charge in [-0.2, -0.15) is 0 Å². The van der Waals surface area contributed by atoms with E-state index in [1.165, 1.54) is 0 Å². The summed E-state index contributed by atoms with van der Waals surface area (Å²) in [6, 6.07) is 5.24. The zero-order chi connectivity index (χ0) is 13.5. The highest BCUT2D eigenvalue weighted by molar-refractivity contribution is 5.81. The van der Waals surface area contributed by atoms with Gasteiger partial charge in [0.1, 0.15) is 0 Å². The molecular formula is C13H21N3O2. The molecular weight excluding hydrogens is 230 g/mol. The molecule has 0 aromatic carbocycles. The summed E-state index contributed by atoms with van der Waals surface area (Å²) in [6.45, 7) is 2.89. The van der Waals surface area contributed by atoms with E-state index >= 15 is 0 Å². The van der Waals surface area contributed by atoms with Crippen LogP contribution in [0.25, 0.3) is 0 Å². The fourth-order valence-corrected chi connectivity index (χ4v) is 1.66. The Morgan fingerprint density at radius 3 is 2.89 bits per heavy atom. The predicted molar refractivity (Wildman–Crippen MR) is 69.9 cm³/mol. The average Bonchev–Trinajstić information content (AvgIpc) is 2.35. The highest BCUT2D eigenvalue weighted by atomic mass is 16.5. The minimum Gasteiger partial charge on any atom is -0.385 e. The third-order valence-corrected chi connectivity index (χ3v) is 2.67. The number of methoxy groups -OCH3 is 1. The zero-order valence-electron chi connectivity index (χ0n) is 11.2. The van der Waals surface area contributed by atoms with Gasteiger partial charge in [0.05, 0.1) is 18.3 Å². The monoisotopic (exact) mass is 251 g/mol. The van der Waals surface area contributed by atoms with Crippen molar-refractivity contribution in [3.63, 3.8) is 0 Å². The van der Waals surface area contributed by atoms with E-state index in [1.807, 2.05) is 25.1 Å². The molecule has 1 atom stereocenters. The van der Waals surface area contributed by atoms with Crippen molar-refractivity contribution in [2.75, 3.05) is 20.8 Å². The number of carbonyl (C=O) groups is 1. The molecule has 0 spiro atoms. The smallest absolute Gasteiger partial charge is 0.239 e. The van der Waals surface area contributed by atoms with Gasteiger partial charge in [-0.15, -0.1) is 0 Å². The zero-order valence-corrected chi connectivity index (χ0v) is 11.2. The van der Waals surface area contributed by atoms with Crippen LogP contribution in [0.1, 0.15) is 17.8 Å². The first-order chi connectivity index (χ1) is 8.54. The van der Waals surface area contributed by atoms with Gasteiger partial charge < -0.3 is 15.4 Å². The van der Waals surface area contributed by atoms with Crippen molar-refractivity contribution in [1.29, 1.82) is 0 Å². The van der Waals surface area contributed by atoms with Crippen molar-refractivity contribution >= 4 is 5.91 Å². The molecule has 2 N–H and O–H groups in total. The van der Waals surface area contributed by atoms with Crippen molar-refractivity contribution in [2.24, 2.45) is 5.73 Å². The van der Waals surface area contributed by atoms with E-state index in [1.54, 1.807) is 19.1 Å². The number of aromatic nitrogens is 1. The fraction of sp³-hybridized carbons (Fsp3) is 0.538. The maximum atomic E-state index is 12.0. The number of pyridine rings is 1. The molecule has 1 aromatic heterocycles. The quantitative estimate of drug-likeness (QED) is 0.808. The molecule has 0 fully saturated rings. The fourth-order valence-electron chi connectivity index (χ4n) is 1.66. The number of aryl methyl sites for hydroxylation is 1. The van der Waals surface area contributed by atoms with Crippen LogP contribution in [0.15, 0.2) is 18.2 Å². The summed E-state index contributed by atoms with van der Waals surface area (Å²) in [6.07, 6.45) is 0.529. The summed E-state index contributed by atoms with van der Waals surface area (Å²) in [4.78, 5) is 17.9. The van der Waals surface area contributed by atoms with Gasteiger partial charge in [0, 0.05) is 26.5 Å². The number of likely N-dealkylation sites (N-methyl/N-ethyl adjacent to an activating group) is 1. The van der Waals surface area contributed by atoms with Gasteiger partial charge in [0.25, 0.3) is 0 Å². The summed E-state index contributed by atoms with van der Waals surface area (Å²) in [5.74, 6) is -0.0876. The number of hydrogen-bond acceptors (Lipinski definition) is 4. The summed E-state index contributed by atoms with van der Waals surface area (Å²) < 4.78 is 4.91. The maximum absolute atomic E-state index is 12.0. The van der Waals surface area contributed by atoms with Crippen LogP contribution >= 0.6 is 0 Å². The van der Waals surface area contributed by atoms with Crippen molar-refractivity contribution in [3.05, 3.63) is 29.6 Å². The number of rotatable bonds is 6. The van der Waals surface area contributed by atoms with Gasteiger partial charge in [-0.25, -0.2) is 0 Å². The lowest BCUT2D eigenvalue weighted by Crippen LogP contribution is -2.42. The van der Waals surface area contributed by atoms with E-state index in [2.05, 4.69) is 4.98 Å². The Balaban J connectivity index is 2.54. The highest BCUT2D eigenvalue weighted by Crippen LogP contribution is 2.04. The van der Waals surface area contributed by atoms with Crippen LogP contribution in [0.2, 0.25) is 0 Å². The second kappa shape index (κ2) is 7.08. The SMILES string of the molecule is COCCC(N)C(=O)N(C)Cc1cccc(C)n1. The average molecular weight is 251 g/mol. The van der Waals surface area contributed by atoms with E-state index in [-0.39, 0.29) is 5.91 Å². The normalized spacial score (nSPS) is 12.2. The predicted octanol–water partition coefficient (Wildman–Crippen LogP) is 0.712. The van der Waals surface area contributed by atoms with E-state index in [4.69, 9.17) is 10.5 Å². The first-order valence-corrected chi connectivity index (χ1v) is 5.96. The lowest BCUT2D eigenvalue weighted by atomic mass is 10.2. The number of nitrogens with zero attached hydrogens (tertiary/aromatic N) is 2.